The Kier molecular flexibility index (Phi) is 2.79. The fourth-order valence-corrected chi connectivity index (χ4v) is 3.00. The molecule has 0 aliphatic carbocycles. The topological polar surface area (TPSA) is 20.3 Å². The van der Waals surface area contributed by atoms with Crippen molar-refractivity contribution in [3.8, 4) is 0 Å². The highest BCUT2D eigenvalue weighted by molar-refractivity contribution is 9.10. The molecule has 0 atom stereocenters. The van der Waals surface area contributed by atoms with Gasteiger partial charge >= 0.3 is 0 Å². The largest absolute Gasteiger partial charge is 0.277 e. The third-order valence-corrected chi connectivity index (χ3v) is 3.68. The Bertz CT molecular complexity index is 650. The van der Waals surface area contributed by atoms with Gasteiger partial charge < -0.3 is 0 Å². The monoisotopic (exact) mass is 313 g/mol. The summed E-state index contributed by atoms with van der Waals surface area (Å²) in [5.74, 6) is -0.0156. The number of rotatable bonds is 1. The number of hydrogen-bond acceptors (Lipinski definition) is 1. The van der Waals surface area contributed by atoms with E-state index in [4.69, 9.17) is 0 Å². The van der Waals surface area contributed by atoms with E-state index in [1.165, 1.54) is 0 Å². The molecule has 1 aliphatic heterocycles. The van der Waals surface area contributed by atoms with E-state index >= 15 is 0 Å². The Morgan fingerprint density at radius 2 is 1.79 bits per heavy atom. The van der Waals surface area contributed by atoms with E-state index < -0.39 is 0 Å². The molecule has 2 nitrogen and oxygen atoms in total. The van der Waals surface area contributed by atoms with Gasteiger partial charge in [-0.15, -0.1) is 0 Å². The second-order valence-corrected chi connectivity index (χ2v) is 5.54. The Labute approximate surface area is 120 Å². The number of halogens is 1. The van der Waals surface area contributed by atoms with Gasteiger partial charge in [0.05, 0.1) is 11.4 Å². The zero-order chi connectivity index (χ0) is 13.6. The van der Waals surface area contributed by atoms with Crippen molar-refractivity contribution in [1.82, 2.24) is 0 Å². The van der Waals surface area contributed by atoms with Crippen LogP contribution < -0.4 is 4.90 Å². The van der Waals surface area contributed by atoms with Crippen LogP contribution in [-0.2, 0) is 0 Å². The van der Waals surface area contributed by atoms with E-state index in [0.717, 1.165) is 27.0 Å². The van der Waals surface area contributed by atoms with Crippen molar-refractivity contribution in [3.05, 3.63) is 70.2 Å². The molecule has 0 fully saturated rings. The fraction of sp³-hybridized carbons (Fsp3) is 0.0625. The molecular formula is C16H12BrNO. The summed E-state index contributed by atoms with van der Waals surface area (Å²) in [6.07, 6.45) is 0. The van der Waals surface area contributed by atoms with E-state index in [1.54, 1.807) is 4.90 Å². The number of amides is 1. The average Bonchev–Trinajstić information content (AvgIpc) is 2.61. The molecule has 0 saturated heterocycles. The van der Waals surface area contributed by atoms with Crippen molar-refractivity contribution in [2.24, 2.45) is 0 Å². The first-order valence-electron chi connectivity index (χ1n) is 5.98. The maximum Gasteiger partial charge on any atom is 0.263 e. The third kappa shape index (κ3) is 1.90. The summed E-state index contributed by atoms with van der Waals surface area (Å²) in [7, 11) is 0. The Balaban J connectivity index is 2.14. The predicted molar refractivity (Wildman–Crippen MR) is 81.2 cm³/mol. The molecule has 0 radical (unpaired) electrons. The van der Waals surface area contributed by atoms with Gasteiger partial charge in [-0.25, -0.2) is 0 Å². The average molecular weight is 314 g/mol. The molecular weight excluding hydrogens is 302 g/mol. The van der Waals surface area contributed by atoms with Gasteiger partial charge in [0.15, 0.2) is 0 Å². The van der Waals surface area contributed by atoms with Crippen molar-refractivity contribution in [2.45, 2.75) is 6.92 Å². The van der Waals surface area contributed by atoms with Gasteiger partial charge in [0.2, 0.25) is 0 Å². The predicted octanol–water partition coefficient (Wildman–Crippen LogP) is 4.39. The number of hydrogen-bond donors (Lipinski definition) is 0. The maximum atomic E-state index is 12.5. The maximum absolute atomic E-state index is 12.5. The molecule has 1 amide bonds. The van der Waals surface area contributed by atoms with E-state index in [9.17, 15) is 4.79 Å². The minimum Gasteiger partial charge on any atom is -0.277 e. The highest BCUT2D eigenvalue weighted by Crippen LogP contribution is 2.36. The zero-order valence-electron chi connectivity index (χ0n) is 10.5. The lowest BCUT2D eigenvalue weighted by atomic mass is 10.1. The highest BCUT2D eigenvalue weighted by Gasteiger charge is 2.31. The summed E-state index contributed by atoms with van der Waals surface area (Å²) in [6, 6.07) is 13.5. The molecule has 19 heavy (non-hydrogen) atoms. The van der Waals surface area contributed by atoms with Gasteiger partial charge in [0.25, 0.3) is 5.91 Å². The molecule has 0 aromatic heterocycles. The van der Waals surface area contributed by atoms with Crippen LogP contribution in [0.4, 0.5) is 5.69 Å². The van der Waals surface area contributed by atoms with Crippen LogP contribution in [0.1, 0.15) is 21.5 Å². The van der Waals surface area contributed by atoms with Crippen molar-refractivity contribution >= 4 is 33.2 Å². The molecule has 0 N–H and O–H groups in total. The number of anilines is 1. The van der Waals surface area contributed by atoms with Gasteiger partial charge in [-0.2, -0.15) is 0 Å². The minimum atomic E-state index is -0.0156. The van der Waals surface area contributed by atoms with Crippen LogP contribution in [0.3, 0.4) is 0 Å². The lowest BCUT2D eigenvalue weighted by Crippen LogP contribution is -2.21. The minimum absolute atomic E-state index is 0.0156. The van der Waals surface area contributed by atoms with Gasteiger partial charge in [-0.05, 0) is 36.8 Å². The first-order valence-corrected chi connectivity index (χ1v) is 6.77. The molecule has 0 bridgehead atoms. The summed E-state index contributed by atoms with van der Waals surface area (Å²) < 4.78 is 0.957. The smallest absolute Gasteiger partial charge is 0.263 e. The quantitative estimate of drug-likeness (QED) is 0.764. The summed E-state index contributed by atoms with van der Waals surface area (Å²) in [5, 5.41) is 0. The van der Waals surface area contributed by atoms with Crippen LogP contribution in [0.25, 0.3) is 5.70 Å². The molecule has 1 heterocycles. The molecule has 2 aromatic rings. The number of fused-ring (bicyclic) bond motifs is 1. The standard InChI is InChI=1S/C16H12BrNO/c1-10-7-12(17)9-13(8-10)18-11(2)14-5-3-4-6-15(14)16(18)19/h3-9H,2H2,1H3. The van der Waals surface area contributed by atoms with Gasteiger partial charge in [0.1, 0.15) is 0 Å². The van der Waals surface area contributed by atoms with Gasteiger partial charge in [-0.1, -0.05) is 40.7 Å². The van der Waals surface area contributed by atoms with Crippen LogP contribution >= 0.6 is 15.9 Å². The Morgan fingerprint density at radius 3 is 2.42 bits per heavy atom. The molecule has 3 rings (SSSR count). The normalized spacial score (nSPS) is 13.9. The van der Waals surface area contributed by atoms with E-state index in [-0.39, 0.29) is 5.91 Å². The van der Waals surface area contributed by atoms with E-state index in [2.05, 4.69) is 22.5 Å². The zero-order valence-corrected chi connectivity index (χ0v) is 12.1. The number of carbonyl (C=O) groups excluding carboxylic acids is 1. The second kappa shape index (κ2) is 4.35. The molecule has 94 valence electrons. The second-order valence-electron chi connectivity index (χ2n) is 4.62. The fourth-order valence-electron chi connectivity index (χ4n) is 2.40. The first-order chi connectivity index (χ1) is 9.08. The van der Waals surface area contributed by atoms with E-state index in [0.29, 0.717) is 5.56 Å². The number of aryl methyl sites for hydroxylation is 1. The van der Waals surface area contributed by atoms with Crippen LogP contribution in [0.2, 0.25) is 0 Å². The molecule has 0 saturated carbocycles. The molecule has 1 aliphatic rings. The van der Waals surface area contributed by atoms with Crippen molar-refractivity contribution < 1.29 is 4.79 Å². The van der Waals surface area contributed by atoms with Gasteiger partial charge in [-0.3, -0.25) is 9.69 Å². The summed E-state index contributed by atoms with van der Waals surface area (Å²) in [4.78, 5) is 14.1. The van der Waals surface area contributed by atoms with Crippen LogP contribution in [-0.4, -0.2) is 5.91 Å². The lowest BCUT2D eigenvalue weighted by Gasteiger charge is -2.18. The number of benzene rings is 2. The van der Waals surface area contributed by atoms with Crippen molar-refractivity contribution in [1.29, 1.82) is 0 Å². The van der Waals surface area contributed by atoms with Crippen LogP contribution in [0.5, 0.6) is 0 Å². The van der Waals surface area contributed by atoms with E-state index in [1.807, 2.05) is 49.4 Å². The van der Waals surface area contributed by atoms with Crippen molar-refractivity contribution in [2.75, 3.05) is 4.90 Å². The number of carbonyl (C=O) groups is 1. The summed E-state index contributed by atoms with van der Waals surface area (Å²) in [6.45, 7) is 6.06. The van der Waals surface area contributed by atoms with Crippen molar-refractivity contribution in [3.63, 3.8) is 0 Å². The Morgan fingerprint density at radius 1 is 1.11 bits per heavy atom. The van der Waals surface area contributed by atoms with Gasteiger partial charge in [0, 0.05) is 15.6 Å². The summed E-state index contributed by atoms with van der Waals surface area (Å²) in [5.41, 5.74) is 4.30. The number of nitrogens with zero attached hydrogens (tertiary/aromatic N) is 1. The molecule has 3 heteroatoms. The highest BCUT2D eigenvalue weighted by atomic mass is 79.9. The first kappa shape index (κ1) is 12.2. The summed E-state index contributed by atoms with van der Waals surface area (Å²) >= 11 is 3.47. The SMILES string of the molecule is C=C1c2ccccc2C(=O)N1c1cc(C)cc(Br)c1. The Hall–Kier alpha value is -1.87. The third-order valence-electron chi connectivity index (χ3n) is 3.23. The van der Waals surface area contributed by atoms with Crippen LogP contribution in [0, 0.1) is 6.92 Å². The molecule has 0 spiro atoms. The molecule has 0 unspecified atom stereocenters. The lowest BCUT2D eigenvalue weighted by molar-refractivity contribution is 0.101. The molecule has 2 aromatic carbocycles. The van der Waals surface area contributed by atoms with Crippen LogP contribution in [0.15, 0.2) is 53.5 Å².